The van der Waals surface area contributed by atoms with Gasteiger partial charge in [-0.05, 0) is 64.7 Å². The van der Waals surface area contributed by atoms with Crippen molar-refractivity contribution in [2.45, 2.75) is 65.0 Å². The molecule has 2 rings (SSSR count). The number of fused-ring (bicyclic) bond motifs is 2. The van der Waals surface area contributed by atoms with Crippen molar-refractivity contribution in [3.63, 3.8) is 0 Å². The molecule has 5 nitrogen and oxygen atoms in total. The number of rotatable bonds is 7. The van der Waals surface area contributed by atoms with Crippen LogP contribution in [0.15, 0.2) is 0 Å². The summed E-state index contributed by atoms with van der Waals surface area (Å²) < 4.78 is 5.16. The zero-order valence-corrected chi connectivity index (χ0v) is 16.2. The van der Waals surface area contributed by atoms with Crippen LogP contribution in [0.2, 0.25) is 0 Å². The van der Waals surface area contributed by atoms with Gasteiger partial charge in [0.05, 0.1) is 5.75 Å². The largest absolute Gasteiger partial charge is 0.444 e. The van der Waals surface area contributed by atoms with E-state index in [2.05, 4.69) is 17.6 Å². The maximum atomic E-state index is 12.1. The Morgan fingerprint density at radius 3 is 2.58 bits per heavy atom. The molecule has 2 bridgehead atoms. The molecule has 138 valence electrons. The van der Waals surface area contributed by atoms with Gasteiger partial charge in [0.15, 0.2) is 0 Å². The maximum absolute atomic E-state index is 12.1. The first kappa shape index (κ1) is 19.4. The topological polar surface area (TPSA) is 67.4 Å². The molecule has 0 saturated heterocycles. The average Bonchev–Trinajstić information content (AvgIpc) is 3.07. The molecule has 0 radical (unpaired) electrons. The van der Waals surface area contributed by atoms with Crippen molar-refractivity contribution in [1.82, 2.24) is 10.6 Å². The summed E-state index contributed by atoms with van der Waals surface area (Å²) in [6.07, 6.45) is 5.00. The minimum Gasteiger partial charge on any atom is -0.444 e. The molecule has 0 spiro atoms. The molecule has 2 aliphatic rings. The van der Waals surface area contributed by atoms with E-state index in [0.29, 0.717) is 24.0 Å². The van der Waals surface area contributed by atoms with Crippen molar-refractivity contribution >= 4 is 23.8 Å². The predicted molar refractivity (Wildman–Crippen MR) is 98.1 cm³/mol. The van der Waals surface area contributed by atoms with Gasteiger partial charge in [0.25, 0.3) is 0 Å². The highest BCUT2D eigenvalue weighted by Gasteiger charge is 2.42. The van der Waals surface area contributed by atoms with Crippen LogP contribution in [0.4, 0.5) is 4.79 Å². The highest BCUT2D eigenvalue weighted by Crippen LogP contribution is 2.49. The van der Waals surface area contributed by atoms with E-state index < -0.39 is 11.7 Å². The quantitative estimate of drug-likeness (QED) is 0.688. The van der Waals surface area contributed by atoms with Crippen LogP contribution in [0.1, 0.15) is 53.4 Å². The first-order valence-corrected chi connectivity index (χ1v) is 10.2. The number of hydrogen-bond donors (Lipinski definition) is 2. The molecule has 6 heteroatoms. The van der Waals surface area contributed by atoms with Crippen molar-refractivity contribution in [3.05, 3.63) is 0 Å². The first-order chi connectivity index (χ1) is 11.2. The number of ether oxygens (including phenoxy) is 1. The molecule has 4 unspecified atom stereocenters. The van der Waals surface area contributed by atoms with Gasteiger partial charge < -0.3 is 15.4 Å². The monoisotopic (exact) mass is 356 g/mol. The molecule has 0 aromatic heterocycles. The molecule has 4 atom stereocenters. The second-order valence-corrected chi connectivity index (χ2v) is 9.28. The van der Waals surface area contributed by atoms with E-state index in [0.717, 1.165) is 11.8 Å². The van der Waals surface area contributed by atoms with E-state index in [4.69, 9.17) is 4.74 Å². The Morgan fingerprint density at radius 1 is 1.25 bits per heavy atom. The summed E-state index contributed by atoms with van der Waals surface area (Å²) in [7, 11) is 0. The van der Waals surface area contributed by atoms with E-state index >= 15 is 0 Å². The Hall–Kier alpha value is -0.910. The van der Waals surface area contributed by atoms with Gasteiger partial charge in [0.2, 0.25) is 5.91 Å². The van der Waals surface area contributed by atoms with Gasteiger partial charge >= 0.3 is 6.09 Å². The number of nitrogens with one attached hydrogen (secondary N) is 2. The molecule has 2 amide bonds. The molecule has 2 saturated carbocycles. The SMILES string of the molecule is CC(NC(=O)CSCCNC(=O)OC(C)(C)C)C1CC2CCC1C2. The standard InChI is InChI=1S/C18H32N2O3S/c1-12(15-10-13-5-6-14(15)9-13)20-16(21)11-24-8-7-19-17(22)23-18(2,3)4/h12-15H,5-11H2,1-4H3,(H,19,22)(H,20,21). The lowest BCUT2D eigenvalue weighted by molar-refractivity contribution is -0.119. The van der Waals surface area contributed by atoms with E-state index in [-0.39, 0.29) is 11.9 Å². The van der Waals surface area contributed by atoms with Crippen LogP contribution in [0.3, 0.4) is 0 Å². The Kier molecular flexibility index (Phi) is 6.84. The summed E-state index contributed by atoms with van der Waals surface area (Å²) in [4.78, 5) is 23.5. The Balaban J connectivity index is 1.53. The lowest BCUT2D eigenvalue weighted by atomic mass is 9.84. The van der Waals surface area contributed by atoms with E-state index in [1.165, 1.54) is 37.4 Å². The first-order valence-electron chi connectivity index (χ1n) is 9.08. The van der Waals surface area contributed by atoms with Crippen LogP contribution in [-0.4, -0.2) is 41.7 Å². The number of alkyl carbamates (subject to hydrolysis) is 1. The lowest BCUT2D eigenvalue weighted by Gasteiger charge is -2.28. The van der Waals surface area contributed by atoms with Crippen LogP contribution in [0.25, 0.3) is 0 Å². The Labute approximate surface area is 150 Å². The van der Waals surface area contributed by atoms with E-state index in [9.17, 15) is 9.59 Å². The van der Waals surface area contributed by atoms with Crippen LogP contribution in [-0.2, 0) is 9.53 Å². The summed E-state index contributed by atoms with van der Waals surface area (Å²) in [6, 6.07) is 0.285. The fourth-order valence-electron chi connectivity index (χ4n) is 4.01. The summed E-state index contributed by atoms with van der Waals surface area (Å²) in [5.74, 6) is 3.67. The third kappa shape index (κ3) is 6.19. The molecule has 2 N–H and O–H groups in total. The Bertz CT molecular complexity index is 450. The van der Waals surface area contributed by atoms with Gasteiger partial charge in [-0.3, -0.25) is 4.79 Å². The predicted octanol–water partition coefficient (Wildman–Crippen LogP) is 3.19. The van der Waals surface area contributed by atoms with Crippen molar-refractivity contribution < 1.29 is 14.3 Å². The molecule has 2 aliphatic carbocycles. The summed E-state index contributed by atoms with van der Waals surface area (Å²) in [6.45, 7) is 8.17. The van der Waals surface area contributed by atoms with Crippen LogP contribution < -0.4 is 10.6 Å². The molecule has 24 heavy (non-hydrogen) atoms. The zero-order valence-electron chi connectivity index (χ0n) is 15.4. The number of amides is 2. The molecular weight excluding hydrogens is 324 g/mol. The zero-order chi connectivity index (χ0) is 17.7. The number of carbonyl (C=O) groups is 2. The minimum absolute atomic E-state index is 0.104. The number of thioether (sulfide) groups is 1. The highest BCUT2D eigenvalue weighted by molar-refractivity contribution is 7.99. The summed E-state index contributed by atoms with van der Waals surface area (Å²) >= 11 is 1.54. The maximum Gasteiger partial charge on any atom is 0.407 e. The smallest absolute Gasteiger partial charge is 0.407 e. The second-order valence-electron chi connectivity index (χ2n) is 8.18. The molecule has 0 aliphatic heterocycles. The fraction of sp³-hybridized carbons (Fsp3) is 0.889. The van der Waals surface area contributed by atoms with Gasteiger partial charge in [-0.1, -0.05) is 6.42 Å². The second kappa shape index (κ2) is 8.45. The molecule has 0 aromatic carbocycles. The van der Waals surface area contributed by atoms with E-state index in [1.807, 2.05) is 20.8 Å². The Morgan fingerprint density at radius 2 is 2.00 bits per heavy atom. The van der Waals surface area contributed by atoms with Crippen molar-refractivity contribution in [1.29, 1.82) is 0 Å². The number of hydrogen-bond acceptors (Lipinski definition) is 4. The van der Waals surface area contributed by atoms with Gasteiger partial charge in [-0.25, -0.2) is 4.79 Å². The van der Waals surface area contributed by atoms with Crippen LogP contribution >= 0.6 is 11.8 Å². The average molecular weight is 357 g/mol. The number of carbonyl (C=O) groups excluding carboxylic acids is 2. The fourth-order valence-corrected chi connectivity index (χ4v) is 4.67. The summed E-state index contributed by atoms with van der Waals surface area (Å²) in [5.41, 5.74) is -0.479. The van der Waals surface area contributed by atoms with Gasteiger partial charge in [0, 0.05) is 18.3 Å². The highest BCUT2D eigenvalue weighted by atomic mass is 32.2. The third-order valence-electron chi connectivity index (χ3n) is 4.97. The van der Waals surface area contributed by atoms with Gasteiger partial charge in [-0.15, -0.1) is 0 Å². The molecule has 2 fully saturated rings. The van der Waals surface area contributed by atoms with Crippen molar-refractivity contribution in [3.8, 4) is 0 Å². The third-order valence-corrected chi connectivity index (χ3v) is 5.93. The van der Waals surface area contributed by atoms with Gasteiger partial charge in [0.1, 0.15) is 5.60 Å². The molecular formula is C18H32N2O3S. The normalized spacial score (nSPS) is 26.9. The van der Waals surface area contributed by atoms with Crippen molar-refractivity contribution in [2.24, 2.45) is 17.8 Å². The lowest BCUT2D eigenvalue weighted by Crippen LogP contribution is -2.41. The molecule has 0 aromatic rings. The summed E-state index contributed by atoms with van der Waals surface area (Å²) in [5, 5.41) is 5.87. The molecule has 0 heterocycles. The van der Waals surface area contributed by atoms with Gasteiger partial charge in [-0.2, -0.15) is 11.8 Å². The van der Waals surface area contributed by atoms with Crippen LogP contribution in [0, 0.1) is 17.8 Å². The van der Waals surface area contributed by atoms with Crippen LogP contribution in [0.5, 0.6) is 0 Å². The minimum atomic E-state index is -0.479. The van der Waals surface area contributed by atoms with Crippen molar-refractivity contribution in [2.75, 3.05) is 18.1 Å². The van der Waals surface area contributed by atoms with E-state index in [1.54, 1.807) is 0 Å².